The lowest BCUT2D eigenvalue weighted by Gasteiger charge is -2.12. The highest BCUT2D eigenvalue weighted by Gasteiger charge is 2.28. The molecule has 0 aliphatic heterocycles. The number of benzene rings is 2. The Labute approximate surface area is 171 Å². The van der Waals surface area contributed by atoms with E-state index in [9.17, 15) is 18.0 Å². The van der Waals surface area contributed by atoms with Gasteiger partial charge in [-0.15, -0.1) is 0 Å². The van der Waals surface area contributed by atoms with E-state index in [0.717, 1.165) is 0 Å². The first-order valence-corrected chi connectivity index (χ1v) is 9.09. The minimum Gasteiger partial charge on any atom is -0.489 e. The highest BCUT2D eigenvalue weighted by Crippen LogP contribution is 2.18. The van der Waals surface area contributed by atoms with E-state index < -0.39 is 12.8 Å². The Bertz CT molecular complexity index is 979. The SMILES string of the molecule is O=C(NCc1ccnc(OCC(F)(F)F)c1)c1ccccc1COc1ccccc1. The zero-order chi connectivity index (χ0) is 21.4. The molecule has 3 rings (SSSR count). The van der Waals surface area contributed by atoms with Crippen molar-refractivity contribution in [3.05, 3.63) is 89.6 Å². The predicted octanol–water partition coefficient (Wildman–Crippen LogP) is 4.53. The van der Waals surface area contributed by atoms with Crippen molar-refractivity contribution >= 4 is 5.91 Å². The number of nitrogens with one attached hydrogen (secondary N) is 1. The molecule has 156 valence electrons. The summed E-state index contributed by atoms with van der Waals surface area (Å²) in [6.07, 6.45) is -3.12. The Morgan fingerprint density at radius 1 is 0.967 bits per heavy atom. The first-order chi connectivity index (χ1) is 14.4. The topological polar surface area (TPSA) is 60.5 Å². The molecule has 0 bridgehead atoms. The van der Waals surface area contributed by atoms with Gasteiger partial charge in [-0.25, -0.2) is 4.98 Å². The normalized spacial score (nSPS) is 11.0. The lowest BCUT2D eigenvalue weighted by molar-refractivity contribution is -0.154. The lowest BCUT2D eigenvalue weighted by Crippen LogP contribution is -2.24. The van der Waals surface area contributed by atoms with Gasteiger partial charge in [0.15, 0.2) is 6.61 Å². The van der Waals surface area contributed by atoms with Crippen LogP contribution in [-0.2, 0) is 13.2 Å². The third-order valence-electron chi connectivity index (χ3n) is 4.04. The first-order valence-electron chi connectivity index (χ1n) is 9.09. The van der Waals surface area contributed by atoms with Gasteiger partial charge in [0.2, 0.25) is 5.88 Å². The summed E-state index contributed by atoms with van der Waals surface area (Å²) in [5.41, 5.74) is 1.73. The molecule has 30 heavy (non-hydrogen) atoms. The Morgan fingerprint density at radius 2 is 1.70 bits per heavy atom. The van der Waals surface area contributed by atoms with Gasteiger partial charge in [0.1, 0.15) is 12.4 Å². The third kappa shape index (κ3) is 6.51. The van der Waals surface area contributed by atoms with Crippen LogP contribution in [0.3, 0.4) is 0 Å². The monoisotopic (exact) mass is 416 g/mol. The van der Waals surface area contributed by atoms with Crippen molar-refractivity contribution in [2.24, 2.45) is 0 Å². The molecule has 0 atom stereocenters. The van der Waals surface area contributed by atoms with Crippen LogP contribution < -0.4 is 14.8 Å². The van der Waals surface area contributed by atoms with Crippen LogP contribution in [0.15, 0.2) is 72.9 Å². The number of para-hydroxylation sites is 1. The van der Waals surface area contributed by atoms with E-state index in [1.54, 1.807) is 24.3 Å². The number of rotatable bonds is 8. The highest BCUT2D eigenvalue weighted by molar-refractivity contribution is 5.95. The molecule has 0 radical (unpaired) electrons. The largest absolute Gasteiger partial charge is 0.489 e. The second-order valence-corrected chi connectivity index (χ2v) is 6.35. The van der Waals surface area contributed by atoms with Crippen molar-refractivity contribution in [2.45, 2.75) is 19.3 Å². The van der Waals surface area contributed by atoms with Crippen LogP contribution in [0.4, 0.5) is 13.2 Å². The molecule has 5 nitrogen and oxygen atoms in total. The summed E-state index contributed by atoms with van der Waals surface area (Å²) in [4.78, 5) is 16.4. The number of hydrogen-bond acceptors (Lipinski definition) is 4. The van der Waals surface area contributed by atoms with Crippen LogP contribution in [0.1, 0.15) is 21.5 Å². The van der Waals surface area contributed by atoms with Gasteiger partial charge in [-0.2, -0.15) is 13.2 Å². The molecule has 0 saturated carbocycles. The van der Waals surface area contributed by atoms with Gasteiger partial charge in [-0.1, -0.05) is 36.4 Å². The summed E-state index contributed by atoms with van der Waals surface area (Å²) < 4.78 is 47.2. The minimum absolute atomic E-state index is 0.109. The molecule has 0 unspecified atom stereocenters. The number of ether oxygens (including phenoxy) is 2. The van der Waals surface area contributed by atoms with Gasteiger partial charge in [-0.3, -0.25) is 4.79 Å². The maximum absolute atomic E-state index is 12.6. The summed E-state index contributed by atoms with van der Waals surface area (Å²) in [5, 5.41) is 2.75. The van der Waals surface area contributed by atoms with Gasteiger partial charge in [-0.05, 0) is 29.8 Å². The van der Waals surface area contributed by atoms with Crippen LogP contribution in [0.25, 0.3) is 0 Å². The molecule has 1 heterocycles. The molecule has 1 N–H and O–H groups in total. The average molecular weight is 416 g/mol. The molecule has 0 saturated heterocycles. The average Bonchev–Trinajstić information content (AvgIpc) is 2.75. The first kappa shape index (κ1) is 21.2. The molecule has 1 aromatic heterocycles. The summed E-state index contributed by atoms with van der Waals surface area (Å²) in [7, 11) is 0. The zero-order valence-corrected chi connectivity index (χ0v) is 15.9. The smallest absolute Gasteiger partial charge is 0.422 e. The fourth-order valence-electron chi connectivity index (χ4n) is 2.62. The molecule has 0 fully saturated rings. The number of alkyl halides is 3. The maximum atomic E-state index is 12.6. The van der Waals surface area contributed by atoms with E-state index in [2.05, 4.69) is 15.0 Å². The highest BCUT2D eigenvalue weighted by atomic mass is 19.4. The summed E-state index contributed by atoms with van der Waals surface area (Å²) in [6, 6.07) is 19.2. The van der Waals surface area contributed by atoms with Crippen LogP contribution in [-0.4, -0.2) is 23.7 Å². The Morgan fingerprint density at radius 3 is 2.47 bits per heavy atom. The van der Waals surface area contributed by atoms with Crippen molar-refractivity contribution in [3.8, 4) is 11.6 Å². The number of nitrogens with zero attached hydrogens (tertiary/aromatic N) is 1. The van der Waals surface area contributed by atoms with Gasteiger partial charge in [0.25, 0.3) is 5.91 Å². The number of pyridine rings is 1. The van der Waals surface area contributed by atoms with Gasteiger partial charge in [0, 0.05) is 29.9 Å². The minimum atomic E-state index is -4.45. The Hall–Kier alpha value is -3.55. The van der Waals surface area contributed by atoms with E-state index in [4.69, 9.17) is 4.74 Å². The van der Waals surface area contributed by atoms with Crippen molar-refractivity contribution in [3.63, 3.8) is 0 Å². The molecular formula is C22H19F3N2O3. The number of amides is 1. The van der Waals surface area contributed by atoms with Crippen molar-refractivity contribution < 1.29 is 27.4 Å². The number of aromatic nitrogens is 1. The van der Waals surface area contributed by atoms with E-state index in [1.807, 2.05) is 36.4 Å². The van der Waals surface area contributed by atoms with Crippen LogP contribution in [0.2, 0.25) is 0 Å². The van der Waals surface area contributed by atoms with Gasteiger partial charge in [0.05, 0.1) is 0 Å². The summed E-state index contributed by atoms with van der Waals surface area (Å²) >= 11 is 0. The molecule has 0 aliphatic rings. The lowest BCUT2D eigenvalue weighted by atomic mass is 10.1. The zero-order valence-electron chi connectivity index (χ0n) is 15.9. The van der Waals surface area contributed by atoms with Gasteiger partial charge >= 0.3 is 6.18 Å². The Balaban J connectivity index is 1.60. The van der Waals surface area contributed by atoms with Gasteiger partial charge < -0.3 is 14.8 Å². The standard InChI is InChI=1S/C22H19F3N2O3/c23-22(24,25)15-30-20-12-16(10-11-26-20)13-27-21(28)19-9-5-4-6-17(19)14-29-18-7-2-1-3-8-18/h1-12H,13-15H2,(H,27,28). The molecule has 8 heteroatoms. The van der Waals surface area contributed by atoms with Crippen molar-refractivity contribution in [1.29, 1.82) is 0 Å². The second kappa shape index (κ2) is 9.78. The van der Waals surface area contributed by atoms with Crippen LogP contribution >= 0.6 is 0 Å². The number of halogens is 3. The van der Waals surface area contributed by atoms with Crippen molar-refractivity contribution in [1.82, 2.24) is 10.3 Å². The van der Waals surface area contributed by atoms with E-state index in [-0.39, 0.29) is 24.9 Å². The maximum Gasteiger partial charge on any atom is 0.422 e. The molecular weight excluding hydrogens is 397 g/mol. The predicted molar refractivity (Wildman–Crippen MR) is 104 cm³/mol. The number of hydrogen-bond donors (Lipinski definition) is 1. The van der Waals surface area contributed by atoms with Crippen LogP contribution in [0.5, 0.6) is 11.6 Å². The van der Waals surface area contributed by atoms with Crippen molar-refractivity contribution in [2.75, 3.05) is 6.61 Å². The third-order valence-corrected chi connectivity index (χ3v) is 4.04. The van der Waals surface area contributed by atoms with E-state index in [1.165, 1.54) is 12.3 Å². The number of carbonyl (C=O) groups excluding carboxylic acids is 1. The fourth-order valence-corrected chi connectivity index (χ4v) is 2.62. The fraction of sp³-hybridized carbons (Fsp3) is 0.182. The molecule has 0 spiro atoms. The second-order valence-electron chi connectivity index (χ2n) is 6.35. The molecule has 0 aliphatic carbocycles. The van der Waals surface area contributed by atoms with E-state index in [0.29, 0.717) is 22.4 Å². The number of carbonyl (C=O) groups is 1. The quantitative estimate of drug-likeness (QED) is 0.586. The van der Waals surface area contributed by atoms with Crippen LogP contribution in [0, 0.1) is 0 Å². The molecule has 1 amide bonds. The summed E-state index contributed by atoms with van der Waals surface area (Å²) in [5.74, 6) is 0.212. The van der Waals surface area contributed by atoms with E-state index >= 15 is 0 Å². The summed E-state index contributed by atoms with van der Waals surface area (Å²) in [6.45, 7) is -1.10. The molecule has 2 aromatic carbocycles. The molecule has 3 aromatic rings. The Kier molecular flexibility index (Phi) is 6.90.